The van der Waals surface area contributed by atoms with Gasteiger partial charge in [0.05, 0.1) is 10.6 Å². The Morgan fingerprint density at radius 1 is 1.27 bits per heavy atom. The zero-order valence-corrected chi connectivity index (χ0v) is 15.5. The first-order valence-electron chi connectivity index (χ1n) is 8.52. The van der Waals surface area contributed by atoms with Gasteiger partial charge >= 0.3 is 6.18 Å². The minimum atomic E-state index is -4.62. The van der Waals surface area contributed by atoms with Crippen LogP contribution in [0.3, 0.4) is 0 Å². The zero-order chi connectivity index (χ0) is 19.5. The van der Waals surface area contributed by atoms with Crippen LogP contribution in [-0.2, 0) is 15.8 Å². The molecule has 1 aromatic rings. The van der Waals surface area contributed by atoms with Crippen molar-refractivity contribution in [2.45, 2.75) is 39.3 Å². The molecule has 1 aromatic carbocycles. The third-order valence-corrected chi connectivity index (χ3v) is 4.96. The maximum Gasteiger partial charge on any atom is 0.417 e. The van der Waals surface area contributed by atoms with Crippen molar-refractivity contribution in [3.63, 3.8) is 0 Å². The number of hydrogen-bond donors (Lipinski definition) is 0. The largest absolute Gasteiger partial charge is 0.417 e. The number of rotatable bonds is 4. The molecule has 0 saturated carbocycles. The van der Waals surface area contributed by atoms with E-state index in [1.54, 1.807) is 4.90 Å². The van der Waals surface area contributed by atoms with E-state index < -0.39 is 22.7 Å². The fourth-order valence-electron chi connectivity index (χ4n) is 2.99. The molecule has 0 spiro atoms. The monoisotopic (exact) mass is 390 g/mol. The highest BCUT2D eigenvalue weighted by Gasteiger charge is 2.34. The number of hydrogen-bond acceptors (Lipinski definition) is 2. The highest BCUT2D eigenvalue weighted by Crippen LogP contribution is 2.37. The van der Waals surface area contributed by atoms with Gasteiger partial charge in [-0.25, -0.2) is 0 Å². The van der Waals surface area contributed by atoms with Crippen LogP contribution in [0.2, 0.25) is 5.02 Å². The number of nitrogens with zero attached hydrogens (tertiary/aromatic N) is 2. The van der Waals surface area contributed by atoms with E-state index in [2.05, 4.69) is 6.92 Å². The maximum atomic E-state index is 13.0. The maximum absolute atomic E-state index is 13.0. The molecule has 0 radical (unpaired) electrons. The van der Waals surface area contributed by atoms with Gasteiger partial charge in [-0.2, -0.15) is 13.2 Å². The number of anilines is 1. The van der Waals surface area contributed by atoms with Gasteiger partial charge in [0.25, 0.3) is 0 Å². The lowest BCUT2D eigenvalue weighted by Crippen LogP contribution is -2.40. The highest BCUT2D eigenvalue weighted by molar-refractivity contribution is 6.31. The van der Waals surface area contributed by atoms with Gasteiger partial charge in [-0.3, -0.25) is 9.59 Å². The lowest BCUT2D eigenvalue weighted by atomic mass is 9.99. The quantitative estimate of drug-likeness (QED) is 0.766. The smallest absolute Gasteiger partial charge is 0.343 e. The molecule has 0 aromatic heterocycles. The molecule has 0 unspecified atom stereocenters. The number of likely N-dealkylation sites (tertiary alicyclic amines) is 1. The number of piperidine rings is 1. The summed E-state index contributed by atoms with van der Waals surface area (Å²) in [5.74, 6) is 0.0660. The van der Waals surface area contributed by atoms with Crippen molar-refractivity contribution in [2.75, 3.05) is 24.5 Å². The fraction of sp³-hybridized carbons (Fsp3) is 0.556. The number of carbonyl (C=O) groups is 2. The van der Waals surface area contributed by atoms with Crippen LogP contribution in [0.1, 0.15) is 38.7 Å². The van der Waals surface area contributed by atoms with Crippen LogP contribution in [-0.4, -0.2) is 36.3 Å². The van der Waals surface area contributed by atoms with Crippen molar-refractivity contribution < 1.29 is 22.8 Å². The van der Waals surface area contributed by atoms with Crippen molar-refractivity contribution in [1.29, 1.82) is 0 Å². The van der Waals surface area contributed by atoms with Gasteiger partial charge in [-0.05, 0) is 37.0 Å². The Morgan fingerprint density at radius 2 is 1.88 bits per heavy atom. The SMILES string of the molecule is CC(=O)N(CCC(=O)N1CCC(C)CC1)c1ccc(Cl)c(C(F)(F)F)c1. The number of alkyl halides is 3. The summed E-state index contributed by atoms with van der Waals surface area (Å²) in [5.41, 5.74) is -0.923. The molecule has 26 heavy (non-hydrogen) atoms. The molecule has 2 amide bonds. The summed E-state index contributed by atoms with van der Waals surface area (Å²) in [6.45, 7) is 4.78. The minimum absolute atomic E-state index is 0.0269. The van der Waals surface area contributed by atoms with E-state index in [-0.39, 0.29) is 24.6 Å². The van der Waals surface area contributed by atoms with Crippen molar-refractivity contribution in [3.8, 4) is 0 Å². The Balaban J connectivity index is 2.10. The van der Waals surface area contributed by atoms with Crippen molar-refractivity contribution in [2.24, 2.45) is 5.92 Å². The second kappa shape index (κ2) is 8.29. The summed E-state index contributed by atoms with van der Waals surface area (Å²) < 4.78 is 39.1. The fourth-order valence-corrected chi connectivity index (χ4v) is 3.21. The second-order valence-electron chi connectivity index (χ2n) is 6.65. The van der Waals surface area contributed by atoms with Gasteiger partial charge in [0.15, 0.2) is 0 Å². The van der Waals surface area contributed by atoms with E-state index in [4.69, 9.17) is 11.6 Å². The summed E-state index contributed by atoms with van der Waals surface area (Å²) in [5, 5.41) is -0.428. The van der Waals surface area contributed by atoms with Crippen molar-refractivity contribution >= 4 is 29.1 Å². The molecule has 0 aliphatic carbocycles. The van der Waals surface area contributed by atoms with E-state index >= 15 is 0 Å². The molecule has 144 valence electrons. The van der Waals surface area contributed by atoms with Crippen LogP contribution in [0, 0.1) is 5.92 Å². The molecule has 8 heteroatoms. The molecule has 1 heterocycles. The number of benzene rings is 1. The Morgan fingerprint density at radius 3 is 2.42 bits per heavy atom. The number of carbonyl (C=O) groups excluding carboxylic acids is 2. The molecular formula is C18H22ClF3N2O2. The zero-order valence-electron chi connectivity index (χ0n) is 14.8. The third kappa shape index (κ3) is 5.13. The average Bonchev–Trinajstić information content (AvgIpc) is 2.55. The van der Waals surface area contributed by atoms with Crippen LogP contribution < -0.4 is 4.90 Å². The van der Waals surface area contributed by atoms with E-state index in [0.29, 0.717) is 19.0 Å². The predicted molar refractivity (Wildman–Crippen MR) is 94.1 cm³/mol. The van der Waals surface area contributed by atoms with Crippen LogP contribution in [0.4, 0.5) is 18.9 Å². The Hall–Kier alpha value is -1.76. The van der Waals surface area contributed by atoms with Gasteiger partial charge in [0, 0.05) is 38.7 Å². The highest BCUT2D eigenvalue weighted by atomic mass is 35.5. The summed E-state index contributed by atoms with van der Waals surface area (Å²) in [7, 11) is 0. The van der Waals surface area contributed by atoms with Gasteiger partial charge in [-0.15, -0.1) is 0 Å². The summed E-state index contributed by atoms with van der Waals surface area (Å²) >= 11 is 5.62. The number of halogens is 4. The van der Waals surface area contributed by atoms with E-state index in [0.717, 1.165) is 25.0 Å². The first-order chi connectivity index (χ1) is 12.1. The van der Waals surface area contributed by atoms with Crippen LogP contribution >= 0.6 is 11.6 Å². The predicted octanol–water partition coefficient (Wildman–Crippen LogP) is 4.36. The van der Waals surface area contributed by atoms with Crippen molar-refractivity contribution in [1.82, 2.24) is 4.90 Å². The normalized spacial score (nSPS) is 15.8. The van der Waals surface area contributed by atoms with Crippen LogP contribution in [0.25, 0.3) is 0 Å². The summed E-state index contributed by atoms with van der Waals surface area (Å²) in [6.07, 6.45) is -2.67. The standard InChI is InChI=1S/C18H22ClF3N2O2/c1-12-5-8-23(9-6-12)17(26)7-10-24(13(2)25)14-3-4-16(19)15(11-14)18(20,21)22/h3-4,11-12H,5-10H2,1-2H3. The number of amides is 2. The van der Waals surface area contributed by atoms with Gasteiger partial charge in [0.1, 0.15) is 0 Å². The molecule has 0 atom stereocenters. The molecule has 0 bridgehead atoms. The topological polar surface area (TPSA) is 40.6 Å². The first-order valence-corrected chi connectivity index (χ1v) is 8.90. The molecule has 0 N–H and O–H groups in total. The molecular weight excluding hydrogens is 369 g/mol. The summed E-state index contributed by atoms with van der Waals surface area (Å²) in [4.78, 5) is 27.2. The molecule has 4 nitrogen and oxygen atoms in total. The van der Waals surface area contributed by atoms with E-state index in [1.807, 2.05) is 0 Å². The molecule has 1 fully saturated rings. The Kier molecular flexibility index (Phi) is 6.55. The minimum Gasteiger partial charge on any atom is -0.343 e. The first kappa shape index (κ1) is 20.6. The molecule has 1 aliphatic heterocycles. The van der Waals surface area contributed by atoms with E-state index in [9.17, 15) is 22.8 Å². The third-order valence-electron chi connectivity index (χ3n) is 4.63. The Bertz CT molecular complexity index is 671. The molecule has 2 rings (SSSR count). The van der Waals surface area contributed by atoms with Gasteiger partial charge in [0.2, 0.25) is 11.8 Å². The van der Waals surface area contributed by atoms with Crippen molar-refractivity contribution in [3.05, 3.63) is 28.8 Å². The lowest BCUT2D eigenvalue weighted by molar-refractivity contribution is -0.137. The lowest BCUT2D eigenvalue weighted by Gasteiger charge is -2.31. The van der Waals surface area contributed by atoms with Crippen LogP contribution in [0.5, 0.6) is 0 Å². The Labute approximate surface area is 155 Å². The van der Waals surface area contributed by atoms with Crippen LogP contribution in [0.15, 0.2) is 18.2 Å². The summed E-state index contributed by atoms with van der Waals surface area (Å²) in [6, 6.07) is 3.31. The molecule has 1 aliphatic rings. The average molecular weight is 391 g/mol. The van der Waals surface area contributed by atoms with Gasteiger partial charge in [-0.1, -0.05) is 18.5 Å². The second-order valence-corrected chi connectivity index (χ2v) is 7.05. The van der Waals surface area contributed by atoms with Gasteiger partial charge < -0.3 is 9.80 Å². The van der Waals surface area contributed by atoms with E-state index in [1.165, 1.54) is 17.9 Å². The molecule has 1 saturated heterocycles.